The van der Waals surface area contributed by atoms with Crippen molar-refractivity contribution in [3.63, 3.8) is 0 Å². The fourth-order valence-corrected chi connectivity index (χ4v) is 2.20. The first kappa shape index (κ1) is 16.9. The molecule has 1 unspecified atom stereocenters. The summed E-state index contributed by atoms with van der Waals surface area (Å²) in [6, 6.07) is 5.23. The van der Waals surface area contributed by atoms with Crippen molar-refractivity contribution in [2.24, 2.45) is 5.92 Å². The maximum atomic E-state index is 13.1. The molecule has 0 spiro atoms. The van der Waals surface area contributed by atoms with E-state index in [4.69, 9.17) is 5.11 Å². The van der Waals surface area contributed by atoms with Gasteiger partial charge < -0.3 is 15.3 Å². The highest BCUT2D eigenvalue weighted by atomic mass is 19.1. The highest BCUT2D eigenvalue weighted by Gasteiger charge is 2.34. The van der Waals surface area contributed by atoms with Gasteiger partial charge in [-0.3, -0.25) is 14.4 Å². The Morgan fingerprint density at radius 3 is 2.65 bits per heavy atom. The second-order valence-corrected chi connectivity index (χ2v) is 5.71. The van der Waals surface area contributed by atoms with Crippen LogP contribution in [0.3, 0.4) is 0 Å². The van der Waals surface area contributed by atoms with Crippen LogP contribution in [0.2, 0.25) is 0 Å². The molecule has 0 aromatic heterocycles. The van der Waals surface area contributed by atoms with Crippen molar-refractivity contribution in [2.45, 2.75) is 25.8 Å². The van der Waals surface area contributed by atoms with Gasteiger partial charge in [0.05, 0.1) is 12.5 Å². The number of hydrogen-bond acceptors (Lipinski definition) is 3. The quantitative estimate of drug-likeness (QED) is 0.791. The van der Waals surface area contributed by atoms with Crippen LogP contribution in [0.1, 0.15) is 30.1 Å². The zero-order valence-electron chi connectivity index (χ0n) is 12.8. The smallest absolute Gasteiger partial charge is 0.308 e. The van der Waals surface area contributed by atoms with Crippen molar-refractivity contribution in [3.05, 3.63) is 35.6 Å². The molecule has 0 heterocycles. The highest BCUT2D eigenvalue weighted by Crippen LogP contribution is 2.27. The van der Waals surface area contributed by atoms with Gasteiger partial charge in [-0.2, -0.15) is 0 Å². The van der Waals surface area contributed by atoms with Gasteiger partial charge >= 0.3 is 5.97 Å². The number of carbonyl (C=O) groups is 3. The summed E-state index contributed by atoms with van der Waals surface area (Å²) in [5.41, 5.74) is 0.134. The average Bonchev–Trinajstić information content (AvgIpc) is 3.34. The lowest BCUT2D eigenvalue weighted by molar-refractivity contribution is -0.143. The average molecular weight is 322 g/mol. The van der Waals surface area contributed by atoms with Crippen LogP contribution in [0.4, 0.5) is 4.39 Å². The number of nitrogens with one attached hydrogen (secondary N) is 1. The third-order valence-corrected chi connectivity index (χ3v) is 3.69. The number of carboxylic acid groups (broad SMARTS) is 1. The number of nitrogens with zero attached hydrogens (tertiary/aromatic N) is 1. The molecule has 2 N–H and O–H groups in total. The summed E-state index contributed by atoms with van der Waals surface area (Å²) in [4.78, 5) is 36.6. The van der Waals surface area contributed by atoms with Crippen LogP contribution in [-0.4, -0.2) is 46.9 Å². The molecule has 1 fully saturated rings. The Hall–Kier alpha value is -2.44. The molecule has 0 saturated heterocycles. The molecule has 1 aliphatic carbocycles. The summed E-state index contributed by atoms with van der Waals surface area (Å²) >= 11 is 0. The van der Waals surface area contributed by atoms with Crippen molar-refractivity contribution in [1.29, 1.82) is 0 Å². The number of hydrogen-bond donors (Lipinski definition) is 2. The van der Waals surface area contributed by atoms with E-state index in [1.807, 2.05) is 0 Å². The van der Waals surface area contributed by atoms with Gasteiger partial charge in [0.25, 0.3) is 5.91 Å². The normalized spacial score (nSPS) is 14.9. The Bertz CT molecular complexity index is 616. The Kier molecular flexibility index (Phi) is 5.31. The molecule has 1 saturated carbocycles. The minimum Gasteiger partial charge on any atom is -0.481 e. The standard InChI is InChI=1S/C16H19FN2O4/c1-10(16(22)23)9-19(13-5-6-13)14(20)8-18-15(21)11-3-2-4-12(17)7-11/h2-4,7,10,13H,5-6,8-9H2,1H3,(H,18,21)(H,22,23). The first-order chi connectivity index (χ1) is 10.9. The molecule has 1 aromatic carbocycles. The molecule has 0 aliphatic heterocycles. The summed E-state index contributed by atoms with van der Waals surface area (Å²) in [5, 5.41) is 11.4. The van der Waals surface area contributed by atoms with Gasteiger partial charge in [-0.15, -0.1) is 0 Å². The minimum atomic E-state index is -0.966. The molecule has 2 rings (SSSR count). The Morgan fingerprint density at radius 1 is 1.39 bits per heavy atom. The lowest BCUT2D eigenvalue weighted by Gasteiger charge is -2.24. The van der Waals surface area contributed by atoms with E-state index in [0.717, 1.165) is 18.9 Å². The van der Waals surface area contributed by atoms with Crippen molar-refractivity contribution in [1.82, 2.24) is 10.2 Å². The minimum absolute atomic E-state index is 0.0513. The first-order valence-electron chi connectivity index (χ1n) is 7.44. The SMILES string of the molecule is CC(CN(C(=O)CNC(=O)c1cccc(F)c1)C1CC1)C(=O)O. The second kappa shape index (κ2) is 7.21. The van der Waals surface area contributed by atoms with Gasteiger partial charge in [-0.05, 0) is 31.0 Å². The van der Waals surface area contributed by atoms with Gasteiger partial charge in [0.1, 0.15) is 5.82 Å². The van der Waals surface area contributed by atoms with E-state index in [1.165, 1.54) is 30.0 Å². The van der Waals surface area contributed by atoms with E-state index in [2.05, 4.69) is 5.32 Å². The highest BCUT2D eigenvalue weighted by molar-refractivity contribution is 5.96. The number of carboxylic acids is 1. The van der Waals surface area contributed by atoms with Crippen LogP contribution < -0.4 is 5.32 Å². The van der Waals surface area contributed by atoms with Crippen LogP contribution in [0, 0.1) is 11.7 Å². The molecule has 23 heavy (non-hydrogen) atoms. The maximum absolute atomic E-state index is 13.1. The summed E-state index contributed by atoms with van der Waals surface area (Å²) in [6.45, 7) is 1.42. The molecule has 2 amide bonds. The lowest BCUT2D eigenvalue weighted by Crippen LogP contribution is -2.44. The third kappa shape index (κ3) is 4.77. The molecule has 0 bridgehead atoms. The number of halogens is 1. The van der Waals surface area contributed by atoms with Gasteiger partial charge in [0.15, 0.2) is 0 Å². The monoisotopic (exact) mass is 322 g/mol. The summed E-state index contributed by atoms with van der Waals surface area (Å²) < 4.78 is 13.1. The van der Waals surface area contributed by atoms with E-state index in [0.29, 0.717) is 0 Å². The van der Waals surface area contributed by atoms with Crippen LogP contribution in [-0.2, 0) is 9.59 Å². The van der Waals surface area contributed by atoms with Crippen LogP contribution in [0.25, 0.3) is 0 Å². The molecule has 124 valence electrons. The summed E-state index contributed by atoms with van der Waals surface area (Å²) in [6.07, 6.45) is 1.69. The second-order valence-electron chi connectivity index (χ2n) is 5.71. The Morgan fingerprint density at radius 2 is 2.09 bits per heavy atom. The lowest BCUT2D eigenvalue weighted by atomic mass is 10.1. The van der Waals surface area contributed by atoms with Crippen LogP contribution >= 0.6 is 0 Å². The van der Waals surface area contributed by atoms with Crippen LogP contribution in [0.15, 0.2) is 24.3 Å². The Labute approximate surface area is 133 Å². The van der Waals surface area contributed by atoms with Gasteiger partial charge in [0, 0.05) is 18.2 Å². The molecule has 7 heteroatoms. The number of aliphatic carboxylic acids is 1. The van der Waals surface area contributed by atoms with Gasteiger partial charge in [-0.1, -0.05) is 13.0 Å². The summed E-state index contributed by atoms with van der Waals surface area (Å²) in [5.74, 6) is -3.03. The number of rotatable bonds is 7. The van der Waals surface area contributed by atoms with Crippen molar-refractivity contribution < 1.29 is 23.9 Å². The van der Waals surface area contributed by atoms with Gasteiger partial charge in [-0.25, -0.2) is 4.39 Å². The van der Waals surface area contributed by atoms with Crippen molar-refractivity contribution in [3.8, 4) is 0 Å². The van der Waals surface area contributed by atoms with Crippen molar-refractivity contribution >= 4 is 17.8 Å². The molecule has 1 atom stereocenters. The number of benzene rings is 1. The van der Waals surface area contributed by atoms with Crippen LogP contribution in [0.5, 0.6) is 0 Å². The molecule has 1 aromatic rings. The third-order valence-electron chi connectivity index (χ3n) is 3.69. The predicted molar refractivity (Wildman–Crippen MR) is 80.3 cm³/mol. The zero-order valence-corrected chi connectivity index (χ0v) is 12.8. The molecule has 0 radical (unpaired) electrons. The molecule has 6 nitrogen and oxygen atoms in total. The van der Waals surface area contributed by atoms with Gasteiger partial charge in [0.2, 0.25) is 5.91 Å². The van der Waals surface area contributed by atoms with Crippen molar-refractivity contribution in [2.75, 3.05) is 13.1 Å². The maximum Gasteiger partial charge on any atom is 0.308 e. The largest absolute Gasteiger partial charge is 0.481 e. The zero-order chi connectivity index (χ0) is 17.0. The van der Waals surface area contributed by atoms with E-state index in [1.54, 1.807) is 0 Å². The fourth-order valence-electron chi connectivity index (χ4n) is 2.20. The molecule has 1 aliphatic rings. The first-order valence-corrected chi connectivity index (χ1v) is 7.44. The van der Waals surface area contributed by atoms with E-state index < -0.39 is 23.6 Å². The summed E-state index contributed by atoms with van der Waals surface area (Å²) in [7, 11) is 0. The van der Waals surface area contributed by atoms with E-state index >= 15 is 0 Å². The fraction of sp³-hybridized carbons (Fsp3) is 0.438. The predicted octanol–water partition coefficient (Wildman–Crippen LogP) is 1.27. The van der Waals surface area contributed by atoms with E-state index in [-0.39, 0.29) is 30.6 Å². The Balaban J connectivity index is 1.91. The molecular formula is C16H19FN2O4. The topological polar surface area (TPSA) is 86.7 Å². The molecular weight excluding hydrogens is 303 g/mol. The number of carbonyl (C=O) groups excluding carboxylic acids is 2. The number of amides is 2. The van der Waals surface area contributed by atoms with E-state index in [9.17, 15) is 18.8 Å².